The SMILES string of the molecule is O=C(NCC1(O)CCCCCC1)c1c[nH]c2ncncc12. The molecular formula is C15H20N4O2. The second-order valence-corrected chi connectivity index (χ2v) is 5.81. The minimum atomic E-state index is -0.769. The third-order valence-electron chi connectivity index (χ3n) is 4.21. The van der Waals surface area contributed by atoms with Crippen LogP contribution in [0, 0.1) is 0 Å². The lowest BCUT2D eigenvalue weighted by Gasteiger charge is -2.26. The van der Waals surface area contributed by atoms with Gasteiger partial charge in [-0.3, -0.25) is 4.79 Å². The van der Waals surface area contributed by atoms with Gasteiger partial charge in [-0.2, -0.15) is 0 Å². The number of hydrogen-bond donors (Lipinski definition) is 3. The van der Waals surface area contributed by atoms with Gasteiger partial charge in [0.2, 0.25) is 0 Å². The third kappa shape index (κ3) is 3.05. The number of nitrogens with one attached hydrogen (secondary N) is 2. The molecule has 0 spiro atoms. The predicted molar refractivity (Wildman–Crippen MR) is 78.9 cm³/mol. The first-order chi connectivity index (χ1) is 10.2. The number of H-pyrrole nitrogens is 1. The molecule has 1 aliphatic rings. The van der Waals surface area contributed by atoms with Crippen molar-refractivity contribution in [3.05, 3.63) is 24.3 Å². The molecule has 2 aromatic rings. The molecule has 1 fully saturated rings. The second kappa shape index (κ2) is 5.81. The van der Waals surface area contributed by atoms with Crippen molar-refractivity contribution in [2.24, 2.45) is 0 Å². The van der Waals surface area contributed by atoms with Crippen molar-refractivity contribution in [1.29, 1.82) is 0 Å². The number of aromatic nitrogens is 3. The zero-order valence-corrected chi connectivity index (χ0v) is 11.9. The van der Waals surface area contributed by atoms with Gasteiger partial charge in [-0.1, -0.05) is 25.7 Å². The molecule has 1 saturated carbocycles. The highest BCUT2D eigenvalue weighted by atomic mass is 16.3. The lowest BCUT2D eigenvalue weighted by molar-refractivity contribution is 0.0247. The maximum Gasteiger partial charge on any atom is 0.253 e. The van der Waals surface area contributed by atoms with E-state index in [1.54, 1.807) is 12.4 Å². The maximum absolute atomic E-state index is 12.3. The van der Waals surface area contributed by atoms with Crippen molar-refractivity contribution in [3.63, 3.8) is 0 Å². The van der Waals surface area contributed by atoms with Crippen LogP contribution in [0.1, 0.15) is 48.9 Å². The van der Waals surface area contributed by atoms with Gasteiger partial charge < -0.3 is 15.4 Å². The van der Waals surface area contributed by atoms with Crippen LogP contribution in [0.3, 0.4) is 0 Å². The predicted octanol–water partition coefficient (Wildman–Crippen LogP) is 1.77. The van der Waals surface area contributed by atoms with Crippen LogP contribution in [0.15, 0.2) is 18.7 Å². The Morgan fingerprint density at radius 2 is 2.10 bits per heavy atom. The number of aliphatic hydroxyl groups is 1. The summed E-state index contributed by atoms with van der Waals surface area (Å²) in [6, 6.07) is 0. The van der Waals surface area contributed by atoms with Crippen LogP contribution in [0.5, 0.6) is 0 Å². The van der Waals surface area contributed by atoms with Crippen molar-refractivity contribution in [3.8, 4) is 0 Å². The smallest absolute Gasteiger partial charge is 0.253 e. The van der Waals surface area contributed by atoms with Gasteiger partial charge in [-0.05, 0) is 12.8 Å². The molecule has 0 unspecified atom stereocenters. The van der Waals surface area contributed by atoms with Crippen LogP contribution >= 0.6 is 0 Å². The van der Waals surface area contributed by atoms with Crippen LogP contribution in [-0.2, 0) is 0 Å². The summed E-state index contributed by atoms with van der Waals surface area (Å²) in [4.78, 5) is 23.3. The van der Waals surface area contributed by atoms with Crippen molar-refractivity contribution >= 4 is 16.9 Å². The normalized spacial score (nSPS) is 18.3. The van der Waals surface area contributed by atoms with Gasteiger partial charge in [-0.15, -0.1) is 0 Å². The average Bonchev–Trinajstić information content (AvgIpc) is 2.81. The number of aromatic amines is 1. The Balaban J connectivity index is 1.69. The van der Waals surface area contributed by atoms with Crippen molar-refractivity contribution in [2.75, 3.05) is 6.54 Å². The number of nitrogens with zero attached hydrogens (tertiary/aromatic N) is 2. The molecule has 1 aliphatic carbocycles. The van der Waals surface area contributed by atoms with Crippen LogP contribution in [-0.4, -0.2) is 38.1 Å². The molecule has 3 rings (SSSR count). The van der Waals surface area contributed by atoms with Crippen molar-refractivity contribution < 1.29 is 9.90 Å². The van der Waals surface area contributed by atoms with E-state index in [2.05, 4.69) is 20.3 Å². The first-order valence-electron chi connectivity index (χ1n) is 7.46. The fraction of sp³-hybridized carbons (Fsp3) is 0.533. The first-order valence-corrected chi connectivity index (χ1v) is 7.46. The Morgan fingerprint density at radius 1 is 1.33 bits per heavy atom. The molecule has 112 valence electrons. The Hall–Kier alpha value is -1.95. The molecule has 0 atom stereocenters. The van der Waals surface area contributed by atoms with Gasteiger partial charge in [0.1, 0.15) is 12.0 Å². The summed E-state index contributed by atoms with van der Waals surface area (Å²) in [5.74, 6) is -0.200. The first kappa shape index (κ1) is 14.0. The summed E-state index contributed by atoms with van der Waals surface area (Å²) < 4.78 is 0. The third-order valence-corrected chi connectivity index (χ3v) is 4.21. The summed E-state index contributed by atoms with van der Waals surface area (Å²) in [5, 5.41) is 14.1. The highest BCUT2D eigenvalue weighted by molar-refractivity contribution is 6.05. The largest absolute Gasteiger partial charge is 0.388 e. The van der Waals surface area contributed by atoms with Gasteiger partial charge in [0, 0.05) is 24.3 Å². The molecule has 0 aliphatic heterocycles. The molecule has 6 heteroatoms. The molecule has 6 nitrogen and oxygen atoms in total. The molecule has 2 heterocycles. The molecule has 1 amide bonds. The van der Waals surface area contributed by atoms with E-state index in [0.717, 1.165) is 38.5 Å². The molecule has 2 aromatic heterocycles. The van der Waals surface area contributed by atoms with E-state index < -0.39 is 5.60 Å². The Morgan fingerprint density at radius 3 is 2.86 bits per heavy atom. The molecule has 0 aromatic carbocycles. The standard InChI is InChI=1S/C15H20N4O2/c20-14(12-8-17-13-11(12)7-16-10-19-13)18-9-15(21)5-3-1-2-4-6-15/h7-8,10,21H,1-6,9H2,(H,18,20)(H,16,17,19). The lowest BCUT2D eigenvalue weighted by Crippen LogP contribution is -2.42. The minimum absolute atomic E-state index is 0.200. The highest BCUT2D eigenvalue weighted by Gasteiger charge is 2.28. The average molecular weight is 288 g/mol. The lowest BCUT2D eigenvalue weighted by atomic mass is 9.94. The number of fused-ring (bicyclic) bond motifs is 1. The van der Waals surface area contributed by atoms with E-state index in [0.29, 0.717) is 23.1 Å². The molecule has 3 N–H and O–H groups in total. The second-order valence-electron chi connectivity index (χ2n) is 5.81. The Kier molecular flexibility index (Phi) is 3.88. The number of amides is 1. The number of hydrogen-bond acceptors (Lipinski definition) is 4. The molecule has 21 heavy (non-hydrogen) atoms. The number of carbonyl (C=O) groups is 1. The fourth-order valence-electron chi connectivity index (χ4n) is 2.95. The van der Waals surface area contributed by atoms with Crippen molar-refractivity contribution in [2.45, 2.75) is 44.1 Å². The van der Waals surface area contributed by atoms with E-state index in [1.165, 1.54) is 6.33 Å². The fourth-order valence-corrected chi connectivity index (χ4v) is 2.95. The van der Waals surface area contributed by atoms with E-state index >= 15 is 0 Å². The molecule has 0 saturated heterocycles. The zero-order chi connectivity index (χ0) is 14.7. The quantitative estimate of drug-likeness (QED) is 0.751. The van der Waals surface area contributed by atoms with Gasteiger partial charge in [-0.25, -0.2) is 9.97 Å². The van der Waals surface area contributed by atoms with Crippen LogP contribution < -0.4 is 5.32 Å². The van der Waals surface area contributed by atoms with Gasteiger partial charge in [0.15, 0.2) is 0 Å². The Labute approximate surface area is 123 Å². The van der Waals surface area contributed by atoms with Crippen LogP contribution in [0.25, 0.3) is 11.0 Å². The monoisotopic (exact) mass is 288 g/mol. The topological polar surface area (TPSA) is 90.9 Å². The molecular weight excluding hydrogens is 268 g/mol. The van der Waals surface area contributed by atoms with Crippen LogP contribution in [0.2, 0.25) is 0 Å². The van der Waals surface area contributed by atoms with Crippen LogP contribution in [0.4, 0.5) is 0 Å². The van der Waals surface area contributed by atoms with E-state index in [4.69, 9.17) is 0 Å². The minimum Gasteiger partial charge on any atom is -0.388 e. The summed E-state index contributed by atoms with van der Waals surface area (Å²) in [5.41, 5.74) is 0.389. The summed E-state index contributed by atoms with van der Waals surface area (Å²) in [6.45, 7) is 0.298. The number of carbonyl (C=O) groups excluding carboxylic acids is 1. The van der Waals surface area contributed by atoms with E-state index in [1.807, 2.05) is 0 Å². The summed E-state index contributed by atoms with van der Waals surface area (Å²) >= 11 is 0. The van der Waals surface area contributed by atoms with Gasteiger partial charge in [0.25, 0.3) is 5.91 Å². The number of rotatable bonds is 3. The van der Waals surface area contributed by atoms with Gasteiger partial charge in [0.05, 0.1) is 11.2 Å². The summed E-state index contributed by atoms with van der Waals surface area (Å²) in [7, 11) is 0. The summed E-state index contributed by atoms with van der Waals surface area (Å²) in [6.07, 6.45) is 10.6. The van der Waals surface area contributed by atoms with Crippen molar-refractivity contribution in [1.82, 2.24) is 20.3 Å². The highest BCUT2D eigenvalue weighted by Crippen LogP contribution is 2.26. The maximum atomic E-state index is 12.3. The Bertz CT molecular complexity index is 629. The zero-order valence-electron chi connectivity index (χ0n) is 11.9. The molecule has 0 radical (unpaired) electrons. The van der Waals surface area contributed by atoms with E-state index in [9.17, 15) is 9.90 Å². The van der Waals surface area contributed by atoms with Gasteiger partial charge >= 0.3 is 0 Å². The molecule has 0 bridgehead atoms. The van der Waals surface area contributed by atoms with E-state index in [-0.39, 0.29) is 5.91 Å².